The second kappa shape index (κ2) is 6.75. The Morgan fingerprint density at radius 2 is 1.70 bits per heavy atom. The highest BCUT2D eigenvalue weighted by Crippen LogP contribution is 2.12. The molecule has 0 aliphatic carbocycles. The fourth-order valence-corrected chi connectivity index (χ4v) is 1.97. The molecule has 2 aromatic carbocycles. The highest BCUT2D eigenvalue weighted by Gasteiger charge is 2.08. The number of rotatable bonds is 5. The molecule has 0 radical (unpaired) electrons. The Hall–Kier alpha value is -2.29. The maximum atomic E-state index is 11.9. The molecule has 0 saturated carbocycles. The van der Waals surface area contributed by atoms with Crippen LogP contribution in [-0.4, -0.2) is 12.5 Å². The molecule has 0 spiro atoms. The average molecular weight is 268 g/mol. The maximum Gasteiger partial charge on any atom is 0.239 e. The van der Waals surface area contributed by atoms with Crippen LogP contribution < -0.4 is 10.6 Å². The summed E-state index contributed by atoms with van der Waals surface area (Å²) in [6.07, 6.45) is 0. The second-order valence-corrected chi connectivity index (χ2v) is 4.92. The van der Waals surface area contributed by atoms with Crippen LogP contribution in [-0.2, 0) is 4.79 Å². The lowest BCUT2D eigenvalue weighted by atomic mass is 10.1. The van der Waals surface area contributed by atoms with Crippen molar-refractivity contribution in [1.82, 2.24) is 5.32 Å². The molecule has 0 aliphatic rings. The van der Waals surface area contributed by atoms with E-state index in [1.807, 2.05) is 49.4 Å². The van der Waals surface area contributed by atoms with Crippen LogP contribution in [0.4, 0.5) is 5.69 Å². The molecule has 1 unspecified atom stereocenters. The second-order valence-electron chi connectivity index (χ2n) is 4.92. The van der Waals surface area contributed by atoms with Crippen LogP contribution in [0, 0.1) is 6.92 Å². The lowest BCUT2D eigenvalue weighted by Gasteiger charge is -2.15. The van der Waals surface area contributed by atoms with E-state index in [0.717, 1.165) is 11.3 Å². The molecule has 2 aromatic rings. The molecule has 3 heteroatoms. The lowest BCUT2D eigenvalue weighted by molar-refractivity contribution is -0.120. The van der Waals surface area contributed by atoms with Crippen molar-refractivity contribution in [1.29, 1.82) is 0 Å². The third-order valence-corrected chi connectivity index (χ3v) is 3.18. The van der Waals surface area contributed by atoms with Crippen molar-refractivity contribution >= 4 is 11.6 Å². The smallest absolute Gasteiger partial charge is 0.239 e. The third-order valence-electron chi connectivity index (χ3n) is 3.18. The minimum Gasteiger partial charge on any atom is -0.376 e. The van der Waals surface area contributed by atoms with Crippen molar-refractivity contribution in [3.63, 3.8) is 0 Å². The average Bonchev–Trinajstić information content (AvgIpc) is 2.47. The summed E-state index contributed by atoms with van der Waals surface area (Å²) in [6, 6.07) is 17.9. The molecular formula is C17H20N2O. The minimum atomic E-state index is -0.0121. The Balaban J connectivity index is 1.83. The largest absolute Gasteiger partial charge is 0.376 e. The number of benzene rings is 2. The Bertz CT molecular complexity index is 549. The zero-order valence-corrected chi connectivity index (χ0v) is 11.9. The van der Waals surface area contributed by atoms with Gasteiger partial charge < -0.3 is 10.6 Å². The molecule has 1 atom stereocenters. The monoisotopic (exact) mass is 268 g/mol. The number of carbonyl (C=O) groups excluding carboxylic acids is 1. The summed E-state index contributed by atoms with van der Waals surface area (Å²) in [5.41, 5.74) is 3.28. The van der Waals surface area contributed by atoms with E-state index in [4.69, 9.17) is 0 Å². The molecule has 2 N–H and O–H groups in total. The predicted octanol–water partition coefficient (Wildman–Crippen LogP) is 3.28. The number of aryl methyl sites for hydroxylation is 1. The molecule has 0 bridgehead atoms. The van der Waals surface area contributed by atoms with Gasteiger partial charge in [0.1, 0.15) is 0 Å². The molecule has 0 heterocycles. The Morgan fingerprint density at radius 3 is 2.35 bits per heavy atom. The van der Waals surface area contributed by atoms with Gasteiger partial charge in [-0.2, -0.15) is 0 Å². The van der Waals surface area contributed by atoms with E-state index >= 15 is 0 Å². The molecule has 104 valence electrons. The quantitative estimate of drug-likeness (QED) is 0.873. The van der Waals surface area contributed by atoms with E-state index in [9.17, 15) is 4.79 Å². The van der Waals surface area contributed by atoms with Gasteiger partial charge in [0.25, 0.3) is 0 Å². The highest BCUT2D eigenvalue weighted by molar-refractivity contribution is 5.81. The summed E-state index contributed by atoms with van der Waals surface area (Å²) in [5.74, 6) is -0.0121. The summed E-state index contributed by atoms with van der Waals surface area (Å²) < 4.78 is 0. The van der Waals surface area contributed by atoms with Crippen molar-refractivity contribution in [2.75, 3.05) is 11.9 Å². The van der Waals surface area contributed by atoms with Gasteiger partial charge in [0, 0.05) is 5.69 Å². The third kappa shape index (κ3) is 4.12. The predicted molar refractivity (Wildman–Crippen MR) is 82.7 cm³/mol. The number of para-hydroxylation sites is 1. The van der Waals surface area contributed by atoms with Gasteiger partial charge in [-0.15, -0.1) is 0 Å². The van der Waals surface area contributed by atoms with Gasteiger partial charge in [0.15, 0.2) is 0 Å². The molecule has 0 saturated heterocycles. The summed E-state index contributed by atoms with van der Waals surface area (Å²) >= 11 is 0. The van der Waals surface area contributed by atoms with Crippen molar-refractivity contribution < 1.29 is 4.79 Å². The first kappa shape index (κ1) is 14.1. The van der Waals surface area contributed by atoms with Crippen LogP contribution in [0.25, 0.3) is 0 Å². The molecule has 0 aromatic heterocycles. The van der Waals surface area contributed by atoms with Crippen LogP contribution in [0.2, 0.25) is 0 Å². The molecular weight excluding hydrogens is 248 g/mol. The number of hydrogen-bond donors (Lipinski definition) is 2. The summed E-state index contributed by atoms with van der Waals surface area (Å²) in [7, 11) is 0. The number of carbonyl (C=O) groups is 1. The molecule has 0 fully saturated rings. The van der Waals surface area contributed by atoms with Crippen molar-refractivity contribution in [2.45, 2.75) is 19.9 Å². The zero-order valence-electron chi connectivity index (χ0n) is 11.9. The number of anilines is 1. The van der Waals surface area contributed by atoms with Crippen LogP contribution in [0.15, 0.2) is 54.6 Å². The topological polar surface area (TPSA) is 41.1 Å². The van der Waals surface area contributed by atoms with Crippen LogP contribution in [0.1, 0.15) is 24.1 Å². The Kier molecular flexibility index (Phi) is 4.77. The summed E-state index contributed by atoms with van der Waals surface area (Å²) in [5, 5.41) is 6.08. The molecule has 20 heavy (non-hydrogen) atoms. The molecule has 1 amide bonds. The first-order chi connectivity index (χ1) is 9.65. The fraction of sp³-hybridized carbons (Fsp3) is 0.235. The highest BCUT2D eigenvalue weighted by atomic mass is 16.1. The standard InChI is InChI=1S/C17H20N2O/c1-13-8-10-15(11-9-13)14(2)19-17(20)12-18-16-6-4-3-5-7-16/h3-11,14,18H,12H2,1-2H3,(H,19,20). The minimum absolute atomic E-state index is 0.0121. The van der Waals surface area contributed by atoms with E-state index < -0.39 is 0 Å². The first-order valence-electron chi connectivity index (χ1n) is 6.80. The Morgan fingerprint density at radius 1 is 1.05 bits per heavy atom. The number of nitrogens with one attached hydrogen (secondary N) is 2. The van der Waals surface area contributed by atoms with E-state index in [-0.39, 0.29) is 18.5 Å². The fourth-order valence-electron chi connectivity index (χ4n) is 1.97. The van der Waals surface area contributed by atoms with Gasteiger partial charge in [0.2, 0.25) is 5.91 Å². The van der Waals surface area contributed by atoms with E-state index in [1.165, 1.54) is 5.56 Å². The van der Waals surface area contributed by atoms with E-state index in [1.54, 1.807) is 0 Å². The normalized spacial score (nSPS) is 11.7. The first-order valence-corrected chi connectivity index (χ1v) is 6.80. The van der Waals surface area contributed by atoms with E-state index in [0.29, 0.717) is 0 Å². The van der Waals surface area contributed by atoms with Crippen molar-refractivity contribution in [2.24, 2.45) is 0 Å². The lowest BCUT2D eigenvalue weighted by Crippen LogP contribution is -2.32. The van der Waals surface area contributed by atoms with Gasteiger partial charge in [-0.25, -0.2) is 0 Å². The summed E-state index contributed by atoms with van der Waals surface area (Å²) in [6.45, 7) is 4.32. The van der Waals surface area contributed by atoms with Gasteiger partial charge in [-0.05, 0) is 31.5 Å². The number of hydrogen-bond acceptors (Lipinski definition) is 2. The zero-order chi connectivity index (χ0) is 14.4. The summed E-state index contributed by atoms with van der Waals surface area (Å²) in [4.78, 5) is 11.9. The van der Waals surface area contributed by atoms with Crippen LogP contribution in [0.3, 0.4) is 0 Å². The van der Waals surface area contributed by atoms with Gasteiger partial charge in [0.05, 0.1) is 12.6 Å². The van der Waals surface area contributed by atoms with Crippen LogP contribution in [0.5, 0.6) is 0 Å². The van der Waals surface area contributed by atoms with E-state index in [2.05, 4.69) is 29.7 Å². The SMILES string of the molecule is Cc1ccc(C(C)NC(=O)CNc2ccccc2)cc1. The molecule has 2 rings (SSSR count). The van der Waals surface area contributed by atoms with Crippen molar-refractivity contribution in [3.8, 4) is 0 Å². The van der Waals surface area contributed by atoms with Gasteiger partial charge in [-0.1, -0.05) is 48.0 Å². The van der Waals surface area contributed by atoms with Gasteiger partial charge >= 0.3 is 0 Å². The van der Waals surface area contributed by atoms with Crippen molar-refractivity contribution in [3.05, 3.63) is 65.7 Å². The molecule has 0 aliphatic heterocycles. The maximum absolute atomic E-state index is 11.9. The Labute approximate surface area is 120 Å². The van der Waals surface area contributed by atoms with Gasteiger partial charge in [-0.3, -0.25) is 4.79 Å². The number of amides is 1. The van der Waals surface area contributed by atoms with Crippen LogP contribution >= 0.6 is 0 Å². The molecule has 3 nitrogen and oxygen atoms in total.